The standard InChI is InChI=1S/C15H11F2NO4/c16-10-6-11(17)13(14(19)20)12(7-10)18-15(21)22-8-9-4-2-1-3-5-9/h1-7H,8H2,(H,18,21)(H,19,20). The molecule has 0 aliphatic carbocycles. The highest BCUT2D eigenvalue weighted by atomic mass is 19.1. The molecule has 114 valence electrons. The van der Waals surface area contributed by atoms with Gasteiger partial charge in [-0.1, -0.05) is 30.3 Å². The number of aromatic carboxylic acids is 1. The first-order valence-corrected chi connectivity index (χ1v) is 6.17. The van der Waals surface area contributed by atoms with E-state index < -0.39 is 34.9 Å². The van der Waals surface area contributed by atoms with Crippen molar-refractivity contribution in [3.05, 3.63) is 65.2 Å². The predicted octanol–water partition coefficient (Wildman–Crippen LogP) is 3.41. The third-order valence-electron chi connectivity index (χ3n) is 2.72. The van der Waals surface area contributed by atoms with Crippen LogP contribution >= 0.6 is 0 Å². The highest BCUT2D eigenvalue weighted by Crippen LogP contribution is 2.21. The Bertz CT molecular complexity index is 704. The number of carboxylic acids is 1. The normalized spacial score (nSPS) is 10.1. The topological polar surface area (TPSA) is 75.6 Å². The molecule has 0 fully saturated rings. The molecule has 2 N–H and O–H groups in total. The van der Waals surface area contributed by atoms with Crippen molar-refractivity contribution in [1.82, 2.24) is 0 Å². The van der Waals surface area contributed by atoms with Gasteiger partial charge in [0.05, 0.1) is 5.69 Å². The quantitative estimate of drug-likeness (QED) is 0.907. The zero-order valence-corrected chi connectivity index (χ0v) is 11.2. The summed E-state index contributed by atoms with van der Waals surface area (Å²) in [4.78, 5) is 22.6. The number of hydrogen-bond donors (Lipinski definition) is 2. The van der Waals surface area contributed by atoms with E-state index in [-0.39, 0.29) is 6.61 Å². The van der Waals surface area contributed by atoms with Gasteiger partial charge in [0.15, 0.2) is 0 Å². The Kier molecular flexibility index (Phi) is 4.67. The van der Waals surface area contributed by atoms with Gasteiger partial charge < -0.3 is 9.84 Å². The van der Waals surface area contributed by atoms with Crippen LogP contribution in [-0.4, -0.2) is 17.2 Å². The third-order valence-corrected chi connectivity index (χ3v) is 2.72. The van der Waals surface area contributed by atoms with E-state index >= 15 is 0 Å². The van der Waals surface area contributed by atoms with E-state index in [0.717, 1.165) is 0 Å². The molecule has 5 nitrogen and oxygen atoms in total. The van der Waals surface area contributed by atoms with Gasteiger partial charge in [0.2, 0.25) is 0 Å². The van der Waals surface area contributed by atoms with Crippen LogP contribution in [0.5, 0.6) is 0 Å². The maximum atomic E-state index is 13.4. The summed E-state index contributed by atoms with van der Waals surface area (Å²) in [7, 11) is 0. The fraction of sp³-hybridized carbons (Fsp3) is 0.0667. The molecule has 22 heavy (non-hydrogen) atoms. The number of hydrogen-bond acceptors (Lipinski definition) is 3. The van der Waals surface area contributed by atoms with Crippen LogP contribution in [-0.2, 0) is 11.3 Å². The maximum Gasteiger partial charge on any atom is 0.411 e. The minimum atomic E-state index is -1.63. The molecule has 2 aromatic carbocycles. The fourth-order valence-corrected chi connectivity index (χ4v) is 1.76. The van der Waals surface area contributed by atoms with E-state index in [2.05, 4.69) is 0 Å². The SMILES string of the molecule is O=C(Nc1cc(F)cc(F)c1C(=O)O)OCc1ccccc1. The number of halogens is 2. The molecule has 1 amide bonds. The number of carboxylic acid groups (broad SMARTS) is 1. The van der Waals surface area contributed by atoms with E-state index in [1.807, 2.05) is 5.32 Å². The van der Waals surface area contributed by atoms with Crippen molar-refractivity contribution in [1.29, 1.82) is 0 Å². The molecule has 0 aliphatic heterocycles. The van der Waals surface area contributed by atoms with Crippen LogP contribution in [0.3, 0.4) is 0 Å². The minimum absolute atomic E-state index is 0.0626. The van der Waals surface area contributed by atoms with Crippen molar-refractivity contribution in [2.75, 3.05) is 5.32 Å². The lowest BCUT2D eigenvalue weighted by atomic mass is 10.1. The third kappa shape index (κ3) is 3.78. The van der Waals surface area contributed by atoms with E-state index in [1.54, 1.807) is 30.3 Å². The number of nitrogens with one attached hydrogen (secondary N) is 1. The van der Waals surface area contributed by atoms with E-state index in [9.17, 15) is 18.4 Å². The lowest BCUT2D eigenvalue weighted by Gasteiger charge is -2.10. The molecular weight excluding hydrogens is 296 g/mol. The van der Waals surface area contributed by atoms with E-state index in [1.165, 1.54) is 0 Å². The molecule has 0 aromatic heterocycles. The minimum Gasteiger partial charge on any atom is -0.478 e. The molecule has 7 heteroatoms. The molecule has 0 heterocycles. The zero-order chi connectivity index (χ0) is 16.1. The summed E-state index contributed by atoms with van der Waals surface area (Å²) in [5, 5.41) is 10.9. The molecule has 0 saturated carbocycles. The molecule has 0 unspecified atom stereocenters. The van der Waals surface area contributed by atoms with Crippen LogP contribution < -0.4 is 5.32 Å². The number of carbonyl (C=O) groups is 2. The highest BCUT2D eigenvalue weighted by molar-refractivity contribution is 5.98. The van der Waals surface area contributed by atoms with Gasteiger partial charge in [0, 0.05) is 6.07 Å². The van der Waals surface area contributed by atoms with Crippen LogP contribution in [0.15, 0.2) is 42.5 Å². The zero-order valence-electron chi connectivity index (χ0n) is 11.2. The first-order valence-electron chi connectivity index (χ1n) is 6.17. The average molecular weight is 307 g/mol. The smallest absolute Gasteiger partial charge is 0.411 e. The average Bonchev–Trinajstić information content (AvgIpc) is 2.45. The summed E-state index contributed by atoms with van der Waals surface area (Å²) in [5.41, 5.74) is -0.636. The summed E-state index contributed by atoms with van der Waals surface area (Å²) in [6.07, 6.45) is -1.02. The van der Waals surface area contributed by atoms with Crippen molar-refractivity contribution in [3.63, 3.8) is 0 Å². The molecule has 2 rings (SSSR count). The molecule has 2 aromatic rings. The molecule has 0 bridgehead atoms. The number of ether oxygens (including phenoxy) is 1. The molecule has 0 saturated heterocycles. The van der Waals surface area contributed by atoms with Crippen LogP contribution in [0, 0.1) is 11.6 Å². The first kappa shape index (κ1) is 15.4. The van der Waals surface area contributed by atoms with Gasteiger partial charge in [-0.05, 0) is 11.6 Å². The number of rotatable bonds is 4. The Balaban J connectivity index is 2.10. The van der Waals surface area contributed by atoms with Crippen molar-refractivity contribution in [3.8, 4) is 0 Å². The van der Waals surface area contributed by atoms with Gasteiger partial charge in [-0.2, -0.15) is 0 Å². The van der Waals surface area contributed by atoms with E-state index in [0.29, 0.717) is 17.7 Å². The monoisotopic (exact) mass is 307 g/mol. The van der Waals surface area contributed by atoms with Crippen molar-refractivity contribution >= 4 is 17.7 Å². The first-order chi connectivity index (χ1) is 10.5. The molecular formula is C15H11F2NO4. The Hall–Kier alpha value is -2.96. The largest absolute Gasteiger partial charge is 0.478 e. The number of anilines is 1. The maximum absolute atomic E-state index is 13.4. The molecule has 0 spiro atoms. The second-order valence-electron chi connectivity index (χ2n) is 4.30. The number of carbonyl (C=O) groups excluding carboxylic acids is 1. The van der Waals surface area contributed by atoms with Gasteiger partial charge in [-0.25, -0.2) is 18.4 Å². The predicted molar refractivity (Wildman–Crippen MR) is 73.6 cm³/mol. The van der Waals surface area contributed by atoms with Crippen LogP contribution in [0.1, 0.15) is 15.9 Å². The Morgan fingerprint density at radius 1 is 1.14 bits per heavy atom. The summed E-state index contributed by atoms with van der Waals surface area (Å²) >= 11 is 0. The van der Waals surface area contributed by atoms with Crippen molar-refractivity contribution in [2.45, 2.75) is 6.61 Å². The van der Waals surface area contributed by atoms with Crippen molar-refractivity contribution in [2.24, 2.45) is 0 Å². The molecule has 0 aliphatic rings. The second kappa shape index (κ2) is 6.66. The second-order valence-corrected chi connectivity index (χ2v) is 4.30. The summed E-state index contributed by atoms with van der Waals surface area (Å²) < 4.78 is 31.5. The highest BCUT2D eigenvalue weighted by Gasteiger charge is 2.19. The molecule has 0 radical (unpaired) electrons. The Morgan fingerprint density at radius 3 is 2.45 bits per heavy atom. The van der Waals surface area contributed by atoms with Gasteiger partial charge in [-0.3, -0.25) is 5.32 Å². The lowest BCUT2D eigenvalue weighted by molar-refractivity contribution is 0.0693. The van der Waals surface area contributed by atoms with Crippen molar-refractivity contribution < 1.29 is 28.2 Å². The van der Waals surface area contributed by atoms with Crippen LogP contribution in [0.25, 0.3) is 0 Å². The fourth-order valence-electron chi connectivity index (χ4n) is 1.76. The van der Waals surface area contributed by atoms with Gasteiger partial charge in [0.25, 0.3) is 0 Å². The van der Waals surface area contributed by atoms with Gasteiger partial charge in [-0.15, -0.1) is 0 Å². The Labute approximate surface area is 124 Å². The van der Waals surface area contributed by atoms with Gasteiger partial charge in [0.1, 0.15) is 23.8 Å². The summed E-state index contributed by atoms with van der Waals surface area (Å²) in [6, 6.07) is 9.86. The summed E-state index contributed by atoms with van der Waals surface area (Å²) in [5.74, 6) is -3.93. The summed E-state index contributed by atoms with van der Waals surface area (Å²) in [6.45, 7) is -0.0626. The number of benzene rings is 2. The van der Waals surface area contributed by atoms with Gasteiger partial charge >= 0.3 is 12.1 Å². The van der Waals surface area contributed by atoms with Crippen LogP contribution in [0.4, 0.5) is 19.3 Å². The lowest BCUT2D eigenvalue weighted by Crippen LogP contribution is -2.17. The molecule has 0 atom stereocenters. The van der Waals surface area contributed by atoms with Crippen LogP contribution in [0.2, 0.25) is 0 Å². The Morgan fingerprint density at radius 2 is 1.82 bits per heavy atom. The van der Waals surface area contributed by atoms with E-state index in [4.69, 9.17) is 9.84 Å². The number of amides is 1.